The van der Waals surface area contributed by atoms with Gasteiger partial charge in [-0.05, 0) is 35.4 Å². The predicted octanol–water partition coefficient (Wildman–Crippen LogP) is 6.68. The zero-order valence-electron chi connectivity index (χ0n) is 23.4. The molecule has 2 aliphatic heterocycles. The molecule has 38 heavy (non-hydrogen) atoms. The van der Waals surface area contributed by atoms with E-state index in [1.54, 1.807) is 0 Å². The van der Waals surface area contributed by atoms with Gasteiger partial charge in [-0.2, -0.15) is 0 Å². The van der Waals surface area contributed by atoms with Gasteiger partial charge in [-0.15, -0.1) is 11.3 Å². The molecule has 0 aliphatic carbocycles. The average Bonchev–Trinajstić information content (AvgIpc) is 3.44. The minimum atomic E-state index is 0.221. The Kier molecular flexibility index (Phi) is 11.7. The molecule has 0 radical (unpaired) electrons. The van der Waals surface area contributed by atoms with Crippen LogP contribution in [0.25, 0.3) is 0 Å². The zero-order valence-corrected chi connectivity index (χ0v) is 24.2. The summed E-state index contributed by atoms with van der Waals surface area (Å²) < 4.78 is 0. The highest BCUT2D eigenvalue weighted by Gasteiger charge is 2.30. The number of amides is 2. The number of benzene rings is 1. The summed E-state index contributed by atoms with van der Waals surface area (Å²) in [5.74, 6) is 0.490. The largest absolute Gasteiger partial charge is 0.339 e. The molecule has 0 saturated carbocycles. The Labute approximate surface area is 234 Å². The molecule has 1 saturated heterocycles. The van der Waals surface area contributed by atoms with Crippen LogP contribution >= 0.6 is 11.3 Å². The SMILES string of the molecule is CCCCCCCCCCCC(=O)N1CCN(C(=O)CCN2CCc3sccc3C2c2ccccc2)CC1. The number of carbonyl (C=O) groups is 2. The number of piperazine rings is 1. The number of carbonyl (C=O) groups excluding carboxylic acids is 2. The van der Waals surface area contributed by atoms with Crippen LogP contribution in [0.15, 0.2) is 41.8 Å². The van der Waals surface area contributed by atoms with Crippen LogP contribution < -0.4 is 0 Å². The van der Waals surface area contributed by atoms with Crippen LogP contribution in [0.4, 0.5) is 0 Å². The standard InChI is InChI=1S/C32H47N3O2S/c1-2-3-4-5-6-7-8-9-13-16-30(36)33-22-24-34(25-23-33)31(37)18-21-35-20-17-29-28(19-26-38-29)32(35)27-14-11-10-12-15-27/h10-12,14-15,19,26,32H,2-9,13,16-18,20-25H2,1H3. The van der Waals surface area contributed by atoms with Gasteiger partial charge in [0.1, 0.15) is 0 Å². The van der Waals surface area contributed by atoms with Crippen molar-refractivity contribution in [3.05, 3.63) is 57.8 Å². The molecule has 4 rings (SSSR count). The van der Waals surface area contributed by atoms with Crippen LogP contribution in [0.1, 0.15) is 99.6 Å². The van der Waals surface area contributed by atoms with Crippen LogP contribution in [0, 0.1) is 0 Å². The maximum Gasteiger partial charge on any atom is 0.223 e. The summed E-state index contributed by atoms with van der Waals surface area (Å²) in [5, 5.41) is 2.20. The van der Waals surface area contributed by atoms with E-state index in [9.17, 15) is 9.59 Å². The van der Waals surface area contributed by atoms with Crippen LogP contribution in [-0.4, -0.2) is 65.8 Å². The Bertz CT molecular complexity index is 984. The first-order valence-electron chi connectivity index (χ1n) is 15.1. The van der Waals surface area contributed by atoms with Crippen LogP contribution in [0.5, 0.6) is 0 Å². The Hall–Kier alpha value is -2.18. The van der Waals surface area contributed by atoms with Gasteiger partial charge in [-0.1, -0.05) is 88.6 Å². The van der Waals surface area contributed by atoms with Gasteiger partial charge in [0.25, 0.3) is 0 Å². The summed E-state index contributed by atoms with van der Waals surface area (Å²) in [5.41, 5.74) is 2.71. The summed E-state index contributed by atoms with van der Waals surface area (Å²) in [6.07, 6.45) is 13.7. The zero-order chi connectivity index (χ0) is 26.6. The molecule has 0 N–H and O–H groups in total. The molecule has 0 bridgehead atoms. The monoisotopic (exact) mass is 537 g/mol. The molecule has 3 heterocycles. The van der Waals surface area contributed by atoms with Crippen molar-refractivity contribution in [2.75, 3.05) is 39.3 Å². The molecule has 1 fully saturated rings. The van der Waals surface area contributed by atoms with Gasteiger partial charge in [0.05, 0.1) is 6.04 Å². The molecule has 2 aliphatic rings. The third-order valence-electron chi connectivity index (χ3n) is 8.27. The third kappa shape index (κ3) is 8.16. The van der Waals surface area contributed by atoms with Crippen LogP contribution in [-0.2, 0) is 16.0 Å². The van der Waals surface area contributed by atoms with Crippen molar-refractivity contribution in [1.82, 2.24) is 14.7 Å². The molecule has 208 valence electrons. The number of nitrogens with zero attached hydrogens (tertiary/aromatic N) is 3. The van der Waals surface area contributed by atoms with Crippen LogP contribution in [0.3, 0.4) is 0 Å². The number of unbranched alkanes of at least 4 members (excludes halogenated alkanes) is 8. The number of hydrogen-bond acceptors (Lipinski definition) is 4. The van der Waals surface area contributed by atoms with E-state index in [0.29, 0.717) is 39.0 Å². The van der Waals surface area contributed by atoms with Gasteiger partial charge >= 0.3 is 0 Å². The molecule has 0 spiro atoms. The fourth-order valence-corrected chi connectivity index (χ4v) is 6.89. The lowest BCUT2D eigenvalue weighted by Gasteiger charge is -2.38. The lowest BCUT2D eigenvalue weighted by molar-refractivity contribution is -0.139. The van der Waals surface area contributed by atoms with E-state index in [1.165, 1.54) is 60.9 Å². The van der Waals surface area contributed by atoms with Gasteiger partial charge in [-0.3, -0.25) is 14.5 Å². The third-order valence-corrected chi connectivity index (χ3v) is 9.27. The number of fused-ring (bicyclic) bond motifs is 1. The maximum atomic E-state index is 13.1. The Morgan fingerprint density at radius 1 is 0.763 bits per heavy atom. The Morgan fingerprint density at radius 3 is 2.03 bits per heavy atom. The smallest absolute Gasteiger partial charge is 0.223 e. The van der Waals surface area contributed by atoms with E-state index in [-0.39, 0.29) is 17.9 Å². The maximum absolute atomic E-state index is 13.1. The Morgan fingerprint density at radius 2 is 1.37 bits per heavy atom. The van der Waals surface area contributed by atoms with Crippen molar-refractivity contribution in [3.8, 4) is 0 Å². The van der Waals surface area contributed by atoms with Crippen LogP contribution in [0.2, 0.25) is 0 Å². The highest BCUT2D eigenvalue weighted by molar-refractivity contribution is 7.10. The van der Waals surface area contributed by atoms with E-state index in [2.05, 4.69) is 53.6 Å². The van der Waals surface area contributed by atoms with Crippen molar-refractivity contribution >= 4 is 23.2 Å². The topological polar surface area (TPSA) is 43.9 Å². The molecule has 2 amide bonds. The minimum Gasteiger partial charge on any atom is -0.339 e. The second-order valence-corrected chi connectivity index (χ2v) is 12.0. The number of hydrogen-bond donors (Lipinski definition) is 0. The van der Waals surface area contributed by atoms with E-state index in [0.717, 1.165) is 32.4 Å². The first-order valence-corrected chi connectivity index (χ1v) is 16.0. The van der Waals surface area contributed by atoms with E-state index >= 15 is 0 Å². The second kappa shape index (κ2) is 15.4. The van der Waals surface area contributed by atoms with Crippen molar-refractivity contribution in [3.63, 3.8) is 0 Å². The molecule has 2 aromatic rings. The van der Waals surface area contributed by atoms with Crippen molar-refractivity contribution < 1.29 is 9.59 Å². The summed E-state index contributed by atoms with van der Waals surface area (Å²) in [4.78, 5) is 33.7. The average molecular weight is 538 g/mol. The van der Waals surface area contributed by atoms with Crippen molar-refractivity contribution in [2.24, 2.45) is 0 Å². The Balaban J connectivity index is 1.15. The molecule has 6 heteroatoms. The lowest BCUT2D eigenvalue weighted by atomic mass is 9.93. The lowest BCUT2D eigenvalue weighted by Crippen LogP contribution is -2.51. The summed E-state index contributed by atoms with van der Waals surface area (Å²) >= 11 is 1.85. The van der Waals surface area contributed by atoms with E-state index < -0.39 is 0 Å². The van der Waals surface area contributed by atoms with Gasteiger partial charge in [0.2, 0.25) is 11.8 Å². The fraction of sp³-hybridized carbons (Fsp3) is 0.625. The summed E-state index contributed by atoms with van der Waals surface area (Å²) in [6, 6.07) is 13.2. The number of thiophene rings is 1. The fourth-order valence-electron chi connectivity index (χ4n) is 5.98. The summed E-state index contributed by atoms with van der Waals surface area (Å²) in [6.45, 7) is 6.70. The molecular formula is C32H47N3O2S. The second-order valence-electron chi connectivity index (χ2n) is 11.0. The first-order chi connectivity index (χ1) is 18.7. The van der Waals surface area contributed by atoms with E-state index in [1.807, 2.05) is 21.1 Å². The molecule has 1 atom stereocenters. The van der Waals surface area contributed by atoms with Gasteiger partial charge in [0, 0.05) is 57.0 Å². The molecule has 1 unspecified atom stereocenters. The molecule has 5 nitrogen and oxygen atoms in total. The van der Waals surface area contributed by atoms with E-state index in [4.69, 9.17) is 0 Å². The first kappa shape index (κ1) is 28.8. The van der Waals surface area contributed by atoms with Crippen molar-refractivity contribution in [2.45, 2.75) is 90.0 Å². The summed E-state index contributed by atoms with van der Waals surface area (Å²) in [7, 11) is 0. The minimum absolute atomic E-state index is 0.221. The highest BCUT2D eigenvalue weighted by atomic mass is 32.1. The molecular weight excluding hydrogens is 490 g/mol. The normalized spacial score (nSPS) is 18.0. The number of rotatable bonds is 14. The quantitative estimate of drug-likeness (QED) is 0.253. The van der Waals surface area contributed by atoms with Gasteiger partial charge in [0.15, 0.2) is 0 Å². The highest BCUT2D eigenvalue weighted by Crippen LogP contribution is 2.37. The molecule has 1 aromatic heterocycles. The molecule has 1 aromatic carbocycles. The van der Waals surface area contributed by atoms with Gasteiger partial charge in [-0.25, -0.2) is 0 Å². The van der Waals surface area contributed by atoms with Crippen molar-refractivity contribution in [1.29, 1.82) is 0 Å². The predicted molar refractivity (Wildman–Crippen MR) is 158 cm³/mol. The van der Waals surface area contributed by atoms with Gasteiger partial charge < -0.3 is 9.80 Å².